The van der Waals surface area contributed by atoms with E-state index in [9.17, 15) is 9.59 Å². The van der Waals surface area contributed by atoms with Crippen molar-refractivity contribution in [3.05, 3.63) is 79.6 Å². The van der Waals surface area contributed by atoms with Crippen molar-refractivity contribution in [1.29, 1.82) is 0 Å². The van der Waals surface area contributed by atoms with Crippen LogP contribution in [-0.2, 0) is 6.42 Å². The molecule has 0 saturated carbocycles. The zero-order valence-electron chi connectivity index (χ0n) is 19.6. The fraction of sp³-hybridized carbons (Fsp3) is 0.308. The number of anilines is 1. The summed E-state index contributed by atoms with van der Waals surface area (Å²) in [5.41, 5.74) is 1.04. The lowest BCUT2D eigenvalue weighted by Crippen LogP contribution is -2.29. The zero-order valence-corrected chi connectivity index (χ0v) is 21.2. The van der Waals surface area contributed by atoms with Gasteiger partial charge in [0.05, 0.1) is 23.6 Å². The van der Waals surface area contributed by atoms with Gasteiger partial charge in [0, 0.05) is 11.4 Å². The maximum Gasteiger partial charge on any atom is 0.297 e. The summed E-state index contributed by atoms with van der Waals surface area (Å²) in [6, 6.07) is 11.5. The second-order valence-corrected chi connectivity index (χ2v) is 10.4. The van der Waals surface area contributed by atoms with Gasteiger partial charge in [-0.15, -0.1) is 10.2 Å². The second-order valence-electron chi connectivity index (χ2n) is 8.89. The van der Waals surface area contributed by atoms with E-state index in [0.29, 0.717) is 33.6 Å². The summed E-state index contributed by atoms with van der Waals surface area (Å²) in [5.74, 6) is 0.713. The highest BCUT2D eigenvalue weighted by Gasteiger charge is 2.45. The number of carbonyl (C=O) groups is 1. The second kappa shape index (κ2) is 9.43. The molecule has 1 aliphatic heterocycles. The number of nitrogens with zero attached hydrogens (tertiary/aromatic N) is 3. The van der Waals surface area contributed by atoms with E-state index < -0.39 is 11.9 Å². The van der Waals surface area contributed by atoms with Gasteiger partial charge in [-0.25, -0.2) is 0 Å². The molecule has 0 spiro atoms. The number of amides is 1. The van der Waals surface area contributed by atoms with Crippen molar-refractivity contribution in [2.75, 3.05) is 11.5 Å². The first kappa shape index (κ1) is 23.5. The van der Waals surface area contributed by atoms with Crippen molar-refractivity contribution in [1.82, 2.24) is 10.2 Å². The lowest BCUT2D eigenvalue weighted by atomic mass is 9.98. The predicted octanol–water partition coefficient (Wildman–Crippen LogP) is 6.04. The van der Waals surface area contributed by atoms with Crippen LogP contribution in [0, 0.1) is 5.92 Å². The normalized spacial score (nSPS) is 15.3. The van der Waals surface area contributed by atoms with Gasteiger partial charge < -0.3 is 9.15 Å². The molecule has 0 saturated heterocycles. The van der Waals surface area contributed by atoms with Crippen molar-refractivity contribution < 1.29 is 13.9 Å². The van der Waals surface area contributed by atoms with Crippen LogP contribution in [0.15, 0.2) is 51.7 Å². The number of aromatic nitrogens is 2. The topological polar surface area (TPSA) is 85.5 Å². The zero-order chi connectivity index (χ0) is 24.7. The highest BCUT2D eigenvalue weighted by Crippen LogP contribution is 2.42. The summed E-state index contributed by atoms with van der Waals surface area (Å²) < 4.78 is 11.7. The van der Waals surface area contributed by atoms with Gasteiger partial charge in [-0.2, -0.15) is 0 Å². The van der Waals surface area contributed by atoms with E-state index in [1.807, 2.05) is 31.2 Å². The minimum atomic E-state index is -0.711. The molecule has 180 valence electrons. The molecule has 0 aliphatic carbocycles. The number of hydrogen-bond donors (Lipinski definition) is 0. The molecule has 35 heavy (non-hydrogen) atoms. The number of benzene rings is 2. The lowest BCUT2D eigenvalue weighted by molar-refractivity contribution is 0.0970. The summed E-state index contributed by atoms with van der Waals surface area (Å²) in [4.78, 5) is 28.9. The van der Waals surface area contributed by atoms with E-state index in [2.05, 4.69) is 24.0 Å². The van der Waals surface area contributed by atoms with Crippen LogP contribution in [0.2, 0.25) is 5.02 Å². The molecule has 1 amide bonds. The molecular formula is C26H24ClN3O4S. The van der Waals surface area contributed by atoms with E-state index in [1.54, 1.807) is 18.2 Å². The Bertz CT molecular complexity index is 1460. The van der Waals surface area contributed by atoms with Crippen LogP contribution in [-0.4, -0.2) is 22.7 Å². The van der Waals surface area contributed by atoms with Crippen molar-refractivity contribution in [2.45, 2.75) is 39.7 Å². The molecule has 0 N–H and O–H groups in total. The van der Waals surface area contributed by atoms with Crippen LogP contribution < -0.4 is 15.1 Å². The molecule has 0 radical (unpaired) electrons. The van der Waals surface area contributed by atoms with Gasteiger partial charge in [-0.05, 0) is 48.2 Å². The molecule has 1 atom stereocenters. The third-order valence-corrected chi connectivity index (χ3v) is 6.93. The van der Waals surface area contributed by atoms with E-state index in [-0.39, 0.29) is 16.8 Å². The third kappa shape index (κ3) is 4.32. The fourth-order valence-electron chi connectivity index (χ4n) is 4.20. The fourth-order valence-corrected chi connectivity index (χ4v) is 5.45. The van der Waals surface area contributed by atoms with Crippen LogP contribution in [0.4, 0.5) is 5.13 Å². The van der Waals surface area contributed by atoms with Crippen LogP contribution >= 0.6 is 22.9 Å². The molecule has 2 aromatic heterocycles. The Hall–Kier alpha value is -3.23. The Kier molecular flexibility index (Phi) is 6.34. The molecule has 5 rings (SSSR count). The van der Waals surface area contributed by atoms with Gasteiger partial charge in [0.15, 0.2) is 5.43 Å². The van der Waals surface area contributed by atoms with Gasteiger partial charge in [-0.3, -0.25) is 14.5 Å². The lowest BCUT2D eigenvalue weighted by Gasteiger charge is -2.22. The Balaban J connectivity index is 1.67. The summed E-state index contributed by atoms with van der Waals surface area (Å²) >= 11 is 7.51. The number of ether oxygens (including phenoxy) is 1. The predicted molar refractivity (Wildman–Crippen MR) is 137 cm³/mol. The molecule has 1 aliphatic rings. The molecule has 9 heteroatoms. The standard InChI is InChI=1S/C26H24ClN3O4S/c1-4-11-33-17-8-5-15(6-9-17)22-21-23(31)18-13-16(27)7-10-19(18)34-24(21)25(32)30(22)26-29-28-20(35-26)12-14(2)3/h5-10,13-14,22H,4,11-12H2,1-3H3. The minimum absolute atomic E-state index is 0.0155. The smallest absolute Gasteiger partial charge is 0.297 e. The van der Waals surface area contributed by atoms with Gasteiger partial charge >= 0.3 is 0 Å². The number of rotatable bonds is 7. The molecular weight excluding hydrogens is 486 g/mol. The van der Waals surface area contributed by atoms with Gasteiger partial charge in [-0.1, -0.05) is 55.8 Å². The van der Waals surface area contributed by atoms with Gasteiger partial charge in [0.25, 0.3) is 5.91 Å². The highest BCUT2D eigenvalue weighted by molar-refractivity contribution is 7.15. The first-order chi connectivity index (χ1) is 16.9. The Morgan fingerprint density at radius 2 is 1.91 bits per heavy atom. The highest BCUT2D eigenvalue weighted by atomic mass is 35.5. The number of hydrogen-bond acceptors (Lipinski definition) is 7. The number of halogens is 1. The largest absolute Gasteiger partial charge is 0.494 e. The molecule has 4 aromatic rings. The van der Waals surface area contributed by atoms with E-state index >= 15 is 0 Å². The van der Waals surface area contributed by atoms with Crippen molar-refractivity contribution in [3.8, 4) is 5.75 Å². The molecule has 7 nitrogen and oxygen atoms in total. The first-order valence-electron chi connectivity index (χ1n) is 11.5. The van der Waals surface area contributed by atoms with Crippen LogP contribution in [0.25, 0.3) is 11.0 Å². The summed E-state index contributed by atoms with van der Waals surface area (Å²) in [6.45, 7) is 6.85. The maximum absolute atomic E-state index is 13.7. The SMILES string of the molecule is CCCOc1ccc(C2c3c(oc4ccc(Cl)cc4c3=O)C(=O)N2c2nnc(CC(C)C)s2)cc1. The third-order valence-electron chi connectivity index (χ3n) is 5.75. The molecule has 2 aromatic carbocycles. The first-order valence-corrected chi connectivity index (χ1v) is 12.7. The maximum atomic E-state index is 13.7. The Labute approximate surface area is 211 Å². The quantitative estimate of drug-likeness (QED) is 0.302. The summed E-state index contributed by atoms with van der Waals surface area (Å²) in [5, 5.41) is 10.6. The van der Waals surface area contributed by atoms with Gasteiger partial charge in [0.2, 0.25) is 10.9 Å². The van der Waals surface area contributed by atoms with Crippen LogP contribution in [0.3, 0.4) is 0 Å². The average molecular weight is 510 g/mol. The van der Waals surface area contributed by atoms with Crippen LogP contribution in [0.5, 0.6) is 5.75 Å². The monoisotopic (exact) mass is 509 g/mol. The average Bonchev–Trinajstić information content (AvgIpc) is 3.40. The van der Waals surface area contributed by atoms with E-state index in [4.69, 9.17) is 20.8 Å². The summed E-state index contributed by atoms with van der Waals surface area (Å²) in [7, 11) is 0. The Morgan fingerprint density at radius 3 is 2.63 bits per heavy atom. The van der Waals surface area contributed by atoms with Gasteiger partial charge in [0.1, 0.15) is 16.3 Å². The molecule has 0 bridgehead atoms. The summed E-state index contributed by atoms with van der Waals surface area (Å²) in [6.07, 6.45) is 1.65. The van der Waals surface area contributed by atoms with Crippen molar-refractivity contribution in [2.24, 2.45) is 5.92 Å². The molecule has 3 heterocycles. The number of fused-ring (bicyclic) bond motifs is 2. The van der Waals surface area contributed by atoms with E-state index in [1.165, 1.54) is 16.2 Å². The van der Waals surface area contributed by atoms with Crippen molar-refractivity contribution in [3.63, 3.8) is 0 Å². The minimum Gasteiger partial charge on any atom is -0.494 e. The van der Waals surface area contributed by atoms with Crippen molar-refractivity contribution >= 4 is 44.9 Å². The van der Waals surface area contributed by atoms with Crippen LogP contribution in [0.1, 0.15) is 59.9 Å². The number of carbonyl (C=O) groups excluding carboxylic acids is 1. The van der Waals surface area contributed by atoms with E-state index in [0.717, 1.165) is 29.2 Å². The Morgan fingerprint density at radius 1 is 1.14 bits per heavy atom. The molecule has 0 fully saturated rings. The molecule has 1 unspecified atom stereocenters.